The molecule has 0 aliphatic heterocycles. The van der Waals surface area contributed by atoms with Crippen LogP contribution in [0, 0.1) is 0 Å². The molecule has 2 nitrogen and oxygen atoms in total. The van der Waals surface area contributed by atoms with Crippen molar-refractivity contribution < 1.29 is 9.84 Å². The highest BCUT2D eigenvalue weighted by molar-refractivity contribution is 7.80. The van der Waals surface area contributed by atoms with E-state index in [0.29, 0.717) is 5.05 Å². The summed E-state index contributed by atoms with van der Waals surface area (Å²) in [7, 11) is 0. The Morgan fingerprint density at radius 1 is 1.46 bits per heavy atom. The summed E-state index contributed by atoms with van der Waals surface area (Å²) >= 11 is 14.4. The largest absolute Gasteiger partial charge is 0.502 e. The molecule has 1 N–H and O–H groups in total. The molecule has 0 fully saturated rings. The SMILES string of the molecule is CC(O)=S.CCCC(Cl)OC(C)=S. The van der Waals surface area contributed by atoms with E-state index in [-0.39, 0.29) is 10.6 Å². The number of thiocarbonyl (C=S) groups is 2. The Morgan fingerprint density at radius 3 is 2.08 bits per heavy atom. The van der Waals surface area contributed by atoms with E-state index in [1.54, 1.807) is 6.92 Å². The van der Waals surface area contributed by atoms with Gasteiger partial charge in [-0.25, -0.2) is 0 Å². The molecule has 0 aromatic carbocycles. The maximum atomic E-state index is 7.79. The molecule has 0 saturated carbocycles. The molecule has 0 bridgehead atoms. The molecule has 0 aromatic rings. The molecule has 0 amide bonds. The van der Waals surface area contributed by atoms with Crippen molar-refractivity contribution in [2.45, 2.75) is 39.2 Å². The molecule has 1 unspecified atom stereocenters. The molecule has 0 aliphatic rings. The molecule has 78 valence electrons. The number of aliphatic hydroxyl groups excluding tert-OH is 1. The van der Waals surface area contributed by atoms with Crippen LogP contribution in [0.3, 0.4) is 0 Å². The fourth-order valence-corrected chi connectivity index (χ4v) is 0.987. The predicted molar refractivity (Wildman–Crippen MR) is 64.8 cm³/mol. The fourth-order valence-electron chi connectivity index (χ4n) is 0.466. The number of alkyl halides is 1. The Hall–Kier alpha value is 0.0700. The quantitative estimate of drug-likeness (QED) is 0.605. The van der Waals surface area contributed by atoms with Gasteiger partial charge in [0.05, 0.1) is 0 Å². The van der Waals surface area contributed by atoms with E-state index in [1.807, 2.05) is 0 Å². The van der Waals surface area contributed by atoms with Crippen LogP contribution in [0.4, 0.5) is 0 Å². The number of hydrogen-bond acceptors (Lipinski definition) is 3. The first-order valence-corrected chi connectivity index (χ1v) is 5.16. The zero-order chi connectivity index (χ0) is 10.9. The number of ether oxygens (including phenoxy) is 1. The van der Waals surface area contributed by atoms with Crippen molar-refractivity contribution in [2.75, 3.05) is 0 Å². The molecule has 0 aromatic heterocycles. The van der Waals surface area contributed by atoms with Crippen molar-refractivity contribution in [2.24, 2.45) is 0 Å². The average molecular weight is 243 g/mol. The molecule has 0 spiro atoms. The first-order valence-electron chi connectivity index (χ1n) is 3.91. The fraction of sp³-hybridized carbons (Fsp3) is 0.750. The van der Waals surface area contributed by atoms with Gasteiger partial charge in [-0.2, -0.15) is 0 Å². The van der Waals surface area contributed by atoms with Crippen LogP contribution in [0.2, 0.25) is 0 Å². The standard InChI is InChI=1S/C6H11ClOS.C2H4OS/c1-3-4-6(7)8-5(2)9;1-2(3)4/h6H,3-4H2,1-2H3;1H3,(H,3,4). The summed E-state index contributed by atoms with van der Waals surface area (Å²) in [4.78, 5) is 0. The van der Waals surface area contributed by atoms with E-state index < -0.39 is 0 Å². The van der Waals surface area contributed by atoms with E-state index in [2.05, 4.69) is 31.4 Å². The lowest BCUT2D eigenvalue weighted by Gasteiger charge is -2.08. The van der Waals surface area contributed by atoms with Gasteiger partial charge in [0.15, 0.2) is 15.7 Å². The van der Waals surface area contributed by atoms with Crippen molar-refractivity contribution in [3.05, 3.63) is 0 Å². The van der Waals surface area contributed by atoms with Gasteiger partial charge in [-0.1, -0.05) is 24.9 Å². The minimum absolute atomic E-state index is 0.000000000000000222. The summed E-state index contributed by atoms with van der Waals surface area (Å²) in [6, 6.07) is 0. The van der Waals surface area contributed by atoms with Gasteiger partial charge >= 0.3 is 0 Å². The van der Waals surface area contributed by atoms with Gasteiger partial charge in [0.25, 0.3) is 0 Å². The van der Waals surface area contributed by atoms with Gasteiger partial charge in [-0.3, -0.25) is 0 Å². The van der Waals surface area contributed by atoms with E-state index in [4.69, 9.17) is 21.4 Å². The molecule has 1 atom stereocenters. The molecule has 0 aliphatic carbocycles. The molecule has 13 heavy (non-hydrogen) atoms. The molecule has 0 saturated heterocycles. The van der Waals surface area contributed by atoms with Crippen LogP contribution in [0.25, 0.3) is 0 Å². The molecular formula is C8H15ClO2S2. The van der Waals surface area contributed by atoms with E-state index in [1.165, 1.54) is 6.92 Å². The summed E-state index contributed by atoms with van der Waals surface area (Å²) < 4.78 is 4.99. The Balaban J connectivity index is 0. The predicted octanol–water partition coefficient (Wildman–Crippen LogP) is 3.61. The third-order valence-corrected chi connectivity index (χ3v) is 1.21. The first kappa shape index (κ1) is 15.5. The van der Waals surface area contributed by atoms with Gasteiger partial charge in [0.1, 0.15) is 0 Å². The highest BCUT2D eigenvalue weighted by atomic mass is 35.5. The number of rotatable bonds is 3. The molecule has 0 rings (SSSR count). The number of aliphatic hydroxyl groups is 1. The van der Waals surface area contributed by atoms with Gasteiger partial charge in [0.2, 0.25) is 0 Å². The first-order chi connectivity index (χ1) is 5.90. The second kappa shape index (κ2) is 10.2. The third kappa shape index (κ3) is 24.5. The number of hydrogen-bond donors (Lipinski definition) is 1. The summed E-state index contributed by atoms with van der Waals surface area (Å²) in [5.74, 6) is 0. The van der Waals surface area contributed by atoms with Crippen molar-refractivity contribution in [3.8, 4) is 0 Å². The van der Waals surface area contributed by atoms with Crippen LogP contribution in [0.15, 0.2) is 0 Å². The second-order valence-electron chi connectivity index (χ2n) is 2.33. The van der Waals surface area contributed by atoms with Crippen LogP contribution in [0.5, 0.6) is 0 Å². The lowest BCUT2D eigenvalue weighted by Crippen LogP contribution is -2.06. The Morgan fingerprint density at radius 2 is 1.85 bits per heavy atom. The zero-order valence-electron chi connectivity index (χ0n) is 8.04. The van der Waals surface area contributed by atoms with Crippen LogP contribution < -0.4 is 0 Å². The minimum Gasteiger partial charge on any atom is -0.502 e. The average Bonchev–Trinajstić information content (AvgIpc) is 1.83. The lowest BCUT2D eigenvalue weighted by molar-refractivity contribution is 0.261. The highest BCUT2D eigenvalue weighted by Crippen LogP contribution is 2.06. The number of halogens is 1. The van der Waals surface area contributed by atoms with E-state index >= 15 is 0 Å². The molecule has 5 heteroatoms. The van der Waals surface area contributed by atoms with Crippen LogP contribution in [-0.4, -0.2) is 20.8 Å². The summed E-state index contributed by atoms with van der Waals surface area (Å²) in [6.07, 6.45) is 1.88. The summed E-state index contributed by atoms with van der Waals surface area (Å²) in [5.41, 5.74) is -0.229. The van der Waals surface area contributed by atoms with E-state index in [0.717, 1.165) is 12.8 Å². The minimum atomic E-state index is -0.229. The monoisotopic (exact) mass is 242 g/mol. The Labute approximate surface area is 95.2 Å². The van der Waals surface area contributed by atoms with Crippen LogP contribution in [-0.2, 0) is 4.74 Å². The van der Waals surface area contributed by atoms with Crippen LogP contribution in [0.1, 0.15) is 33.6 Å². The lowest BCUT2D eigenvalue weighted by atomic mass is 10.4. The molecular weight excluding hydrogens is 228 g/mol. The smallest absolute Gasteiger partial charge is 0.172 e. The molecule has 0 heterocycles. The Kier molecular flexibility index (Phi) is 12.1. The maximum Gasteiger partial charge on any atom is 0.172 e. The van der Waals surface area contributed by atoms with Crippen molar-refractivity contribution in [3.63, 3.8) is 0 Å². The van der Waals surface area contributed by atoms with E-state index in [9.17, 15) is 0 Å². The zero-order valence-corrected chi connectivity index (χ0v) is 10.4. The summed E-state index contributed by atoms with van der Waals surface area (Å²) in [5, 5.41) is 8.30. The van der Waals surface area contributed by atoms with Crippen LogP contribution >= 0.6 is 36.0 Å². The van der Waals surface area contributed by atoms with Gasteiger partial charge in [0, 0.05) is 13.8 Å². The van der Waals surface area contributed by atoms with Gasteiger partial charge < -0.3 is 9.84 Å². The molecule has 0 radical (unpaired) electrons. The van der Waals surface area contributed by atoms with Gasteiger partial charge in [-0.15, -0.1) is 0 Å². The maximum absolute atomic E-state index is 7.79. The second-order valence-corrected chi connectivity index (χ2v) is 3.98. The highest BCUT2D eigenvalue weighted by Gasteiger charge is 2.01. The third-order valence-electron chi connectivity index (χ3n) is 0.809. The van der Waals surface area contributed by atoms with Crippen molar-refractivity contribution in [1.82, 2.24) is 0 Å². The Bertz CT molecular complexity index is 158. The van der Waals surface area contributed by atoms with Crippen molar-refractivity contribution >= 4 is 46.1 Å². The summed E-state index contributed by atoms with van der Waals surface area (Å²) in [6.45, 7) is 5.23. The topological polar surface area (TPSA) is 29.5 Å². The normalized spacial score (nSPS) is 10.8. The van der Waals surface area contributed by atoms with Gasteiger partial charge in [-0.05, 0) is 30.9 Å². The van der Waals surface area contributed by atoms with Crippen molar-refractivity contribution in [1.29, 1.82) is 0 Å².